The maximum absolute atomic E-state index is 9.27. The van der Waals surface area contributed by atoms with E-state index in [1.165, 1.54) is 51.4 Å². The van der Waals surface area contributed by atoms with Gasteiger partial charge in [0.25, 0.3) is 0 Å². The largest absolute Gasteiger partial charge is 0.411 e. The molecule has 0 saturated heterocycles. The van der Waals surface area contributed by atoms with Crippen LogP contribution in [0.3, 0.4) is 0 Å². The van der Waals surface area contributed by atoms with Gasteiger partial charge in [-0.1, -0.05) is 24.4 Å². The van der Waals surface area contributed by atoms with E-state index in [1.807, 2.05) is 0 Å². The summed E-state index contributed by atoms with van der Waals surface area (Å²) < 4.78 is 0. The van der Waals surface area contributed by atoms with Crippen molar-refractivity contribution in [2.45, 2.75) is 63.5 Å². The summed E-state index contributed by atoms with van der Waals surface area (Å²) in [7, 11) is 2.26. The average Bonchev–Trinajstić information content (AvgIpc) is 2.98. The highest BCUT2D eigenvalue weighted by molar-refractivity contribution is 5.94. The van der Waals surface area contributed by atoms with Crippen molar-refractivity contribution in [2.24, 2.45) is 17.0 Å². The molecular weight excluding hydrogens is 212 g/mol. The monoisotopic (exact) mass is 236 g/mol. The van der Waals surface area contributed by atoms with Gasteiger partial charge in [0.15, 0.2) is 0 Å². The quantitative estimate of drug-likeness (QED) is 0.591. The number of hydrogen-bond acceptors (Lipinski definition) is 3. The molecule has 96 valence electrons. The van der Waals surface area contributed by atoms with E-state index in [9.17, 15) is 5.21 Å². The molecule has 0 aliphatic heterocycles. The van der Waals surface area contributed by atoms with E-state index < -0.39 is 0 Å². The number of nitrogens with zero attached hydrogens (tertiary/aromatic N) is 2. The van der Waals surface area contributed by atoms with E-state index in [0.717, 1.165) is 17.7 Å². The molecule has 0 amide bonds. The van der Waals surface area contributed by atoms with Gasteiger partial charge in [-0.25, -0.2) is 0 Å². The van der Waals surface area contributed by atoms with Crippen molar-refractivity contribution in [1.29, 1.82) is 0 Å². The van der Waals surface area contributed by atoms with Crippen molar-refractivity contribution in [1.82, 2.24) is 4.90 Å². The SMILES string of the molecule is CN(C1CCCCC1)[C@H]1/C(=N\O)[C@H]2CC[C@@H]1C2. The van der Waals surface area contributed by atoms with Gasteiger partial charge >= 0.3 is 0 Å². The van der Waals surface area contributed by atoms with Gasteiger partial charge in [-0.3, -0.25) is 4.90 Å². The minimum absolute atomic E-state index is 0.446. The predicted octanol–water partition coefficient (Wildman–Crippen LogP) is 2.88. The molecule has 3 nitrogen and oxygen atoms in total. The molecule has 2 bridgehead atoms. The summed E-state index contributed by atoms with van der Waals surface area (Å²) in [6, 6.07) is 1.17. The highest BCUT2D eigenvalue weighted by atomic mass is 16.4. The van der Waals surface area contributed by atoms with Crippen molar-refractivity contribution < 1.29 is 5.21 Å². The van der Waals surface area contributed by atoms with Gasteiger partial charge in [0.2, 0.25) is 0 Å². The lowest BCUT2D eigenvalue weighted by atomic mass is 9.88. The fourth-order valence-corrected chi connectivity index (χ4v) is 4.45. The van der Waals surface area contributed by atoms with Crippen LogP contribution in [0.4, 0.5) is 0 Å². The van der Waals surface area contributed by atoms with Crippen LogP contribution in [0.25, 0.3) is 0 Å². The summed E-state index contributed by atoms with van der Waals surface area (Å²) in [5, 5.41) is 12.9. The lowest BCUT2D eigenvalue weighted by Gasteiger charge is -2.39. The Labute approximate surface area is 104 Å². The molecule has 3 fully saturated rings. The number of oxime groups is 1. The lowest BCUT2D eigenvalue weighted by molar-refractivity contribution is 0.138. The molecular formula is C14H24N2O. The number of fused-ring (bicyclic) bond motifs is 2. The van der Waals surface area contributed by atoms with Crippen LogP contribution in [0.5, 0.6) is 0 Å². The van der Waals surface area contributed by atoms with Gasteiger partial charge in [-0.2, -0.15) is 0 Å². The molecule has 0 spiro atoms. The van der Waals surface area contributed by atoms with Crippen LogP contribution in [0.2, 0.25) is 0 Å². The van der Waals surface area contributed by atoms with Crippen LogP contribution < -0.4 is 0 Å². The van der Waals surface area contributed by atoms with Crippen molar-refractivity contribution in [3.63, 3.8) is 0 Å². The molecule has 0 aromatic rings. The van der Waals surface area contributed by atoms with Crippen LogP contribution in [0, 0.1) is 11.8 Å². The topological polar surface area (TPSA) is 35.8 Å². The summed E-state index contributed by atoms with van der Waals surface area (Å²) in [5.41, 5.74) is 1.09. The van der Waals surface area contributed by atoms with E-state index in [-0.39, 0.29) is 0 Å². The fraction of sp³-hybridized carbons (Fsp3) is 0.929. The molecule has 1 N–H and O–H groups in total. The Kier molecular flexibility index (Phi) is 3.12. The molecule has 0 aromatic carbocycles. The normalized spacial score (nSPS) is 40.6. The molecule has 3 aliphatic carbocycles. The molecule has 0 heterocycles. The first-order valence-corrected chi connectivity index (χ1v) is 7.25. The van der Waals surface area contributed by atoms with Crippen LogP contribution >= 0.6 is 0 Å². The first-order chi connectivity index (χ1) is 8.31. The predicted molar refractivity (Wildman–Crippen MR) is 68.5 cm³/mol. The maximum atomic E-state index is 9.27. The first-order valence-electron chi connectivity index (χ1n) is 7.25. The molecule has 3 heteroatoms. The lowest BCUT2D eigenvalue weighted by Crippen LogP contribution is -2.48. The van der Waals surface area contributed by atoms with Crippen LogP contribution in [-0.2, 0) is 0 Å². The first kappa shape index (κ1) is 11.5. The molecule has 3 aliphatic rings. The molecule has 3 saturated carbocycles. The second kappa shape index (κ2) is 4.60. The van der Waals surface area contributed by atoms with Gasteiger partial charge in [-0.15, -0.1) is 0 Å². The van der Waals surface area contributed by atoms with E-state index >= 15 is 0 Å². The Hall–Kier alpha value is -0.570. The van der Waals surface area contributed by atoms with Gasteiger partial charge in [0.1, 0.15) is 0 Å². The van der Waals surface area contributed by atoms with Crippen molar-refractivity contribution >= 4 is 5.71 Å². The standard InChI is InChI=1S/C14H24N2O/c1-16(12-5-3-2-4-6-12)14-11-8-7-10(9-11)13(14)15-17/h10-12,14,17H,2-9H2,1H3/b15-13-/t10-,11+,14+/m0/s1. The van der Waals surface area contributed by atoms with E-state index in [0.29, 0.717) is 12.0 Å². The Morgan fingerprint density at radius 3 is 2.59 bits per heavy atom. The third-order valence-electron chi connectivity index (χ3n) is 5.35. The van der Waals surface area contributed by atoms with Gasteiger partial charge in [0.05, 0.1) is 11.8 Å². The highest BCUT2D eigenvalue weighted by Gasteiger charge is 2.48. The van der Waals surface area contributed by atoms with Crippen LogP contribution in [-0.4, -0.2) is 35.0 Å². The Morgan fingerprint density at radius 2 is 1.88 bits per heavy atom. The number of hydrogen-bond donors (Lipinski definition) is 1. The molecule has 0 aromatic heterocycles. The summed E-state index contributed by atoms with van der Waals surface area (Å²) in [6.45, 7) is 0. The Morgan fingerprint density at radius 1 is 1.12 bits per heavy atom. The fourth-order valence-electron chi connectivity index (χ4n) is 4.45. The zero-order chi connectivity index (χ0) is 11.8. The minimum Gasteiger partial charge on any atom is -0.411 e. The Bertz CT molecular complexity index is 309. The van der Waals surface area contributed by atoms with Crippen LogP contribution in [0.15, 0.2) is 5.16 Å². The zero-order valence-electron chi connectivity index (χ0n) is 10.8. The second-order valence-electron chi connectivity index (χ2n) is 6.20. The minimum atomic E-state index is 0.446. The van der Waals surface area contributed by atoms with E-state index in [4.69, 9.17) is 0 Å². The molecule has 3 atom stereocenters. The maximum Gasteiger partial charge on any atom is 0.0775 e. The summed E-state index contributed by atoms with van der Waals surface area (Å²) >= 11 is 0. The second-order valence-corrected chi connectivity index (χ2v) is 6.20. The smallest absolute Gasteiger partial charge is 0.0775 e. The summed E-state index contributed by atoms with van der Waals surface area (Å²) in [5.74, 6) is 1.35. The number of rotatable bonds is 2. The van der Waals surface area contributed by atoms with Gasteiger partial charge in [-0.05, 0) is 45.1 Å². The molecule has 0 radical (unpaired) electrons. The highest BCUT2D eigenvalue weighted by Crippen LogP contribution is 2.45. The average molecular weight is 236 g/mol. The molecule has 0 unspecified atom stereocenters. The van der Waals surface area contributed by atoms with Crippen LogP contribution in [0.1, 0.15) is 51.4 Å². The Balaban J connectivity index is 1.74. The third-order valence-corrected chi connectivity index (χ3v) is 5.35. The van der Waals surface area contributed by atoms with Crippen molar-refractivity contribution in [2.75, 3.05) is 7.05 Å². The third kappa shape index (κ3) is 1.88. The molecule has 3 rings (SSSR count). The summed E-state index contributed by atoms with van der Waals surface area (Å²) in [6.07, 6.45) is 10.7. The molecule has 17 heavy (non-hydrogen) atoms. The van der Waals surface area contributed by atoms with Crippen molar-refractivity contribution in [3.05, 3.63) is 0 Å². The van der Waals surface area contributed by atoms with Crippen molar-refractivity contribution in [3.8, 4) is 0 Å². The summed E-state index contributed by atoms with van der Waals surface area (Å²) in [4.78, 5) is 2.54. The van der Waals surface area contributed by atoms with E-state index in [1.54, 1.807) is 0 Å². The van der Waals surface area contributed by atoms with Gasteiger partial charge < -0.3 is 5.21 Å². The van der Waals surface area contributed by atoms with Gasteiger partial charge in [0, 0.05) is 12.0 Å². The zero-order valence-corrected chi connectivity index (χ0v) is 10.8. The van der Waals surface area contributed by atoms with E-state index in [2.05, 4.69) is 17.1 Å².